The summed E-state index contributed by atoms with van der Waals surface area (Å²) in [7, 11) is 0. The van der Waals surface area contributed by atoms with Crippen molar-refractivity contribution in [3.8, 4) is 17.5 Å². The van der Waals surface area contributed by atoms with Gasteiger partial charge in [0, 0.05) is 43.8 Å². The summed E-state index contributed by atoms with van der Waals surface area (Å²) < 4.78 is 10.9. The van der Waals surface area contributed by atoms with Crippen LogP contribution < -0.4 is 10.6 Å². The second kappa shape index (κ2) is 16.0. The normalized spacial score (nSPS) is 11.1. The highest BCUT2D eigenvalue weighted by Gasteiger charge is 2.20. The molecule has 2 heterocycles. The van der Waals surface area contributed by atoms with E-state index in [9.17, 15) is 15.4 Å². The number of hydrogen-bond acceptors (Lipinski definition) is 12. The Labute approximate surface area is 239 Å². The Balaban J connectivity index is 2.02. The van der Waals surface area contributed by atoms with E-state index in [4.69, 9.17) is 9.26 Å². The lowest BCUT2D eigenvalue weighted by Crippen LogP contribution is -2.10. The lowest BCUT2D eigenvalue weighted by atomic mass is 10.1. The lowest BCUT2D eigenvalue weighted by Gasteiger charge is -2.15. The number of nitriles is 1. The van der Waals surface area contributed by atoms with E-state index in [1.54, 1.807) is 6.92 Å². The number of anilines is 2. The van der Waals surface area contributed by atoms with Crippen LogP contribution in [0.4, 0.5) is 28.7 Å². The summed E-state index contributed by atoms with van der Waals surface area (Å²) in [5.74, 6) is 1.48. The fraction of sp³-hybridized carbons (Fsp3) is 0.500. The maximum Gasteiger partial charge on any atom is 0.270 e. The van der Waals surface area contributed by atoms with E-state index in [1.807, 2.05) is 6.92 Å². The van der Waals surface area contributed by atoms with E-state index in [0.29, 0.717) is 67.0 Å². The number of ether oxygens (including phenoxy) is 1. The molecule has 41 heavy (non-hydrogen) atoms. The van der Waals surface area contributed by atoms with E-state index in [0.717, 1.165) is 32.1 Å². The molecule has 13 heteroatoms. The molecule has 0 atom stereocenters. The third kappa shape index (κ3) is 8.52. The Bertz CT molecular complexity index is 1380. The largest absolute Gasteiger partial charge is 0.381 e. The number of hydrogen-bond donors (Lipinski definition) is 2. The van der Waals surface area contributed by atoms with Crippen molar-refractivity contribution in [2.45, 2.75) is 66.2 Å². The van der Waals surface area contributed by atoms with Crippen LogP contribution in [0.1, 0.15) is 69.8 Å². The monoisotopic (exact) mass is 563 g/mol. The van der Waals surface area contributed by atoms with Crippen LogP contribution in [-0.2, 0) is 11.2 Å². The predicted octanol–water partition coefficient (Wildman–Crippen LogP) is 7.03. The molecule has 0 fully saturated rings. The smallest absolute Gasteiger partial charge is 0.270 e. The molecule has 0 amide bonds. The molecule has 2 aromatic heterocycles. The summed E-state index contributed by atoms with van der Waals surface area (Å²) in [4.78, 5) is 20.1. The van der Waals surface area contributed by atoms with Crippen molar-refractivity contribution in [3.63, 3.8) is 0 Å². The van der Waals surface area contributed by atoms with Crippen LogP contribution in [0, 0.1) is 28.4 Å². The summed E-state index contributed by atoms with van der Waals surface area (Å²) in [5.41, 5.74) is 1.80. The van der Waals surface area contributed by atoms with Crippen LogP contribution >= 0.6 is 0 Å². The summed E-state index contributed by atoms with van der Waals surface area (Å²) >= 11 is 0. The number of benzene rings is 1. The zero-order chi connectivity index (χ0) is 29.6. The van der Waals surface area contributed by atoms with Gasteiger partial charge in [0.15, 0.2) is 11.6 Å². The average Bonchev–Trinajstić information content (AvgIpc) is 3.44. The number of aromatic nitrogens is 3. The van der Waals surface area contributed by atoms with Gasteiger partial charge < -0.3 is 19.9 Å². The second-order valence-corrected chi connectivity index (χ2v) is 9.37. The fourth-order valence-corrected chi connectivity index (χ4v) is 3.85. The molecule has 3 rings (SSSR count). The van der Waals surface area contributed by atoms with Gasteiger partial charge in [0.25, 0.3) is 11.6 Å². The Morgan fingerprint density at radius 1 is 1.05 bits per heavy atom. The molecule has 0 spiro atoms. The minimum absolute atomic E-state index is 0.0810. The third-order valence-electron chi connectivity index (χ3n) is 6.14. The van der Waals surface area contributed by atoms with Crippen molar-refractivity contribution in [2.24, 2.45) is 10.2 Å². The van der Waals surface area contributed by atoms with Gasteiger partial charge in [0.1, 0.15) is 17.6 Å². The van der Waals surface area contributed by atoms with Crippen molar-refractivity contribution < 1.29 is 14.2 Å². The molecule has 0 aliphatic heterocycles. The van der Waals surface area contributed by atoms with Gasteiger partial charge in [-0.15, -0.1) is 10.2 Å². The predicted molar refractivity (Wildman–Crippen MR) is 156 cm³/mol. The number of nitro benzene ring substituents is 1. The first kappa shape index (κ1) is 31.1. The molecule has 0 radical (unpaired) electrons. The van der Waals surface area contributed by atoms with Gasteiger partial charge in [-0.05, 0) is 32.3 Å². The molecule has 0 aliphatic rings. The molecule has 1 aromatic carbocycles. The van der Waals surface area contributed by atoms with Crippen LogP contribution in [0.2, 0.25) is 0 Å². The summed E-state index contributed by atoms with van der Waals surface area (Å²) in [6.45, 7) is 10.4. The molecule has 0 unspecified atom stereocenters. The quantitative estimate of drug-likeness (QED) is 0.0750. The van der Waals surface area contributed by atoms with Crippen LogP contribution in [0.25, 0.3) is 11.5 Å². The van der Waals surface area contributed by atoms with Crippen molar-refractivity contribution in [2.75, 3.05) is 36.9 Å². The topological polar surface area (TPSA) is 177 Å². The minimum Gasteiger partial charge on any atom is -0.381 e. The zero-order valence-electron chi connectivity index (χ0n) is 24.1. The van der Waals surface area contributed by atoms with E-state index in [-0.39, 0.29) is 22.8 Å². The Morgan fingerprint density at radius 2 is 1.78 bits per heavy atom. The van der Waals surface area contributed by atoms with Crippen LogP contribution in [0.3, 0.4) is 0 Å². The molecule has 0 saturated carbocycles. The van der Waals surface area contributed by atoms with Gasteiger partial charge in [-0.3, -0.25) is 10.1 Å². The lowest BCUT2D eigenvalue weighted by molar-refractivity contribution is -0.384. The third-order valence-corrected chi connectivity index (χ3v) is 6.14. The number of non-ortho nitro benzene ring substituents is 1. The number of nitrogens with one attached hydrogen (secondary N) is 2. The minimum atomic E-state index is -0.506. The van der Waals surface area contributed by atoms with Crippen molar-refractivity contribution in [3.05, 3.63) is 45.3 Å². The summed E-state index contributed by atoms with van der Waals surface area (Å²) in [6.07, 6.45) is 5.20. The molecular weight excluding hydrogens is 526 g/mol. The number of unbranched alkanes of at least 4 members (excludes halogenated alkanes) is 2. The molecule has 0 bridgehead atoms. The van der Waals surface area contributed by atoms with Gasteiger partial charge in [0.2, 0.25) is 0 Å². The molecule has 218 valence electrons. The number of nitrogens with zero attached hydrogens (tertiary/aromatic N) is 7. The first-order valence-electron chi connectivity index (χ1n) is 14.0. The van der Waals surface area contributed by atoms with E-state index in [2.05, 4.69) is 55.9 Å². The summed E-state index contributed by atoms with van der Waals surface area (Å²) in [5, 5.41) is 40.9. The van der Waals surface area contributed by atoms with Crippen molar-refractivity contribution in [1.29, 1.82) is 5.26 Å². The number of azo groups is 1. The highest BCUT2D eigenvalue weighted by molar-refractivity contribution is 5.76. The van der Waals surface area contributed by atoms with E-state index < -0.39 is 4.92 Å². The number of nitro groups is 1. The Morgan fingerprint density at radius 3 is 2.44 bits per heavy atom. The zero-order valence-corrected chi connectivity index (χ0v) is 24.1. The van der Waals surface area contributed by atoms with E-state index in [1.165, 1.54) is 18.2 Å². The second-order valence-electron chi connectivity index (χ2n) is 9.37. The average molecular weight is 564 g/mol. The SMILES string of the molecule is CCCCNc1nc(NCCCC)c(N=Nc2ccc([N+](=O)[O-])cc2-c2nc(CCOCCC)no2)c(C)c1C#N. The van der Waals surface area contributed by atoms with Gasteiger partial charge in [-0.25, -0.2) is 4.98 Å². The first-order valence-corrected chi connectivity index (χ1v) is 14.0. The molecule has 3 aromatic rings. The Hall–Kier alpha value is -4.44. The number of pyridine rings is 1. The highest BCUT2D eigenvalue weighted by Crippen LogP contribution is 2.38. The number of rotatable bonds is 17. The van der Waals surface area contributed by atoms with E-state index >= 15 is 0 Å². The van der Waals surface area contributed by atoms with Gasteiger partial charge in [-0.2, -0.15) is 10.2 Å². The molecule has 0 saturated heterocycles. The highest BCUT2D eigenvalue weighted by atomic mass is 16.6. The first-order chi connectivity index (χ1) is 19.9. The fourth-order valence-electron chi connectivity index (χ4n) is 3.85. The molecule has 2 N–H and O–H groups in total. The van der Waals surface area contributed by atoms with Crippen molar-refractivity contribution >= 4 is 28.7 Å². The standard InChI is InChI=1S/C28H37N9O4/c1-5-8-13-30-26-22(18-29)19(4)25(27(33-26)31-14-9-6-2)35-34-23-11-10-20(37(38)39)17-21(23)28-32-24(36-41-28)12-16-40-15-7-3/h10-11,17H,5-9,12-16H2,1-4H3,(H2,30,31,33). The maximum atomic E-state index is 11.5. The van der Waals surface area contributed by atoms with Gasteiger partial charge in [0.05, 0.1) is 28.3 Å². The van der Waals surface area contributed by atoms with Crippen LogP contribution in [0.5, 0.6) is 0 Å². The molecular formula is C28H37N9O4. The molecule has 0 aliphatic carbocycles. The van der Waals surface area contributed by atoms with Crippen LogP contribution in [0.15, 0.2) is 33.0 Å². The van der Waals surface area contributed by atoms with Gasteiger partial charge >= 0.3 is 0 Å². The molecule has 13 nitrogen and oxygen atoms in total. The Kier molecular flexibility index (Phi) is 12.1. The van der Waals surface area contributed by atoms with Gasteiger partial charge in [-0.1, -0.05) is 38.8 Å². The maximum absolute atomic E-state index is 11.5. The summed E-state index contributed by atoms with van der Waals surface area (Å²) in [6, 6.07) is 6.37. The van der Waals surface area contributed by atoms with Crippen LogP contribution in [-0.4, -0.2) is 46.4 Å². The van der Waals surface area contributed by atoms with Crippen molar-refractivity contribution in [1.82, 2.24) is 15.1 Å².